The smallest absolute Gasteiger partial charge is 0.247 e. The zero-order valence-electron chi connectivity index (χ0n) is 9.60. The number of benzene rings is 1. The van der Waals surface area contributed by atoms with Gasteiger partial charge < -0.3 is 9.73 Å². The molecule has 1 aromatic carbocycles. The Hall–Kier alpha value is -1.68. The maximum Gasteiger partial charge on any atom is 0.247 e. The molecule has 1 aromatic heterocycles. The first-order valence-corrected chi connectivity index (χ1v) is 6.03. The molecule has 0 saturated carbocycles. The van der Waals surface area contributed by atoms with Gasteiger partial charge in [0.1, 0.15) is 0 Å². The van der Waals surface area contributed by atoms with Gasteiger partial charge in [-0.25, -0.2) is 0 Å². The topological polar surface area (TPSA) is 51.0 Å². The first-order valence-electron chi connectivity index (χ1n) is 6.03. The molecule has 3 rings (SSSR count). The second kappa shape index (κ2) is 4.67. The van der Waals surface area contributed by atoms with Crippen LogP contribution in [0.15, 0.2) is 34.7 Å². The van der Waals surface area contributed by atoms with Crippen LogP contribution in [-0.2, 0) is 0 Å². The van der Waals surface area contributed by atoms with E-state index in [1.807, 2.05) is 30.3 Å². The predicted octanol–water partition coefficient (Wildman–Crippen LogP) is 2.20. The summed E-state index contributed by atoms with van der Waals surface area (Å²) in [5.74, 6) is 1.75. The van der Waals surface area contributed by atoms with Gasteiger partial charge in [-0.3, -0.25) is 0 Å². The van der Waals surface area contributed by atoms with Gasteiger partial charge >= 0.3 is 0 Å². The van der Waals surface area contributed by atoms with Crippen molar-refractivity contribution in [2.75, 3.05) is 13.1 Å². The molecule has 0 radical (unpaired) electrons. The highest BCUT2D eigenvalue weighted by Crippen LogP contribution is 2.25. The van der Waals surface area contributed by atoms with Crippen LogP contribution in [-0.4, -0.2) is 23.3 Å². The van der Waals surface area contributed by atoms with Gasteiger partial charge in [-0.15, -0.1) is 10.2 Å². The molecule has 88 valence electrons. The molecule has 1 fully saturated rings. The minimum Gasteiger partial charge on any atom is -0.420 e. The summed E-state index contributed by atoms with van der Waals surface area (Å²) in [6, 6.07) is 9.89. The van der Waals surface area contributed by atoms with Gasteiger partial charge in [0, 0.05) is 18.0 Å². The van der Waals surface area contributed by atoms with Crippen LogP contribution in [0.5, 0.6) is 0 Å². The highest BCUT2D eigenvalue weighted by atomic mass is 16.4. The molecule has 2 heterocycles. The fraction of sp³-hybridized carbons (Fsp3) is 0.385. The molecule has 0 spiro atoms. The Kier molecular flexibility index (Phi) is 2.88. The number of aromatic nitrogens is 2. The van der Waals surface area contributed by atoms with Crippen molar-refractivity contribution in [1.82, 2.24) is 15.5 Å². The third kappa shape index (κ3) is 2.22. The van der Waals surface area contributed by atoms with Crippen LogP contribution in [0.1, 0.15) is 24.7 Å². The molecule has 1 aliphatic rings. The lowest BCUT2D eigenvalue weighted by Crippen LogP contribution is -2.28. The van der Waals surface area contributed by atoms with Crippen molar-refractivity contribution in [3.63, 3.8) is 0 Å². The molecule has 2 aromatic rings. The zero-order chi connectivity index (χ0) is 11.5. The molecule has 1 saturated heterocycles. The van der Waals surface area contributed by atoms with Gasteiger partial charge in [-0.1, -0.05) is 18.2 Å². The van der Waals surface area contributed by atoms with Crippen LogP contribution < -0.4 is 5.32 Å². The van der Waals surface area contributed by atoms with E-state index in [-0.39, 0.29) is 0 Å². The largest absolute Gasteiger partial charge is 0.420 e. The number of hydrogen-bond acceptors (Lipinski definition) is 4. The molecule has 1 N–H and O–H groups in total. The van der Waals surface area contributed by atoms with E-state index < -0.39 is 0 Å². The minimum atomic E-state index is 0.369. The molecule has 0 unspecified atom stereocenters. The van der Waals surface area contributed by atoms with Crippen LogP contribution in [0.2, 0.25) is 0 Å². The molecule has 0 aliphatic carbocycles. The summed E-state index contributed by atoms with van der Waals surface area (Å²) in [5.41, 5.74) is 0.981. The Morgan fingerprint density at radius 3 is 2.82 bits per heavy atom. The Morgan fingerprint density at radius 2 is 2.06 bits per heavy atom. The summed E-state index contributed by atoms with van der Waals surface area (Å²) in [7, 11) is 0. The molecule has 1 atom stereocenters. The van der Waals surface area contributed by atoms with Gasteiger partial charge in [0.05, 0.1) is 0 Å². The molecular weight excluding hydrogens is 214 g/mol. The van der Waals surface area contributed by atoms with Crippen LogP contribution in [0.25, 0.3) is 11.5 Å². The molecule has 1 aliphatic heterocycles. The fourth-order valence-corrected chi connectivity index (χ4v) is 2.16. The monoisotopic (exact) mass is 229 g/mol. The normalized spacial score (nSPS) is 20.4. The molecule has 4 heteroatoms. The first-order chi connectivity index (χ1) is 8.43. The van der Waals surface area contributed by atoms with E-state index in [9.17, 15) is 0 Å². The fourth-order valence-electron chi connectivity index (χ4n) is 2.16. The van der Waals surface area contributed by atoms with E-state index in [2.05, 4.69) is 15.5 Å². The Bertz CT molecular complexity index is 474. The molecule has 0 amide bonds. The maximum atomic E-state index is 5.75. The van der Waals surface area contributed by atoms with Gasteiger partial charge in [-0.05, 0) is 31.5 Å². The van der Waals surface area contributed by atoms with E-state index in [0.717, 1.165) is 31.0 Å². The Balaban J connectivity index is 1.83. The number of hydrogen-bond donors (Lipinski definition) is 1. The molecular formula is C13H15N3O. The number of nitrogens with one attached hydrogen (secondary N) is 1. The molecule has 4 nitrogen and oxygen atoms in total. The van der Waals surface area contributed by atoms with E-state index in [4.69, 9.17) is 4.42 Å². The summed E-state index contributed by atoms with van der Waals surface area (Å²) in [6.45, 7) is 2.03. The second-order valence-corrected chi connectivity index (χ2v) is 4.35. The quantitative estimate of drug-likeness (QED) is 0.857. The minimum absolute atomic E-state index is 0.369. The van der Waals surface area contributed by atoms with Gasteiger partial charge in [0.15, 0.2) is 0 Å². The lowest BCUT2D eigenvalue weighted by atomic mass is 10.00. The Labute approximate surface area is 100 Å². The van der Waals surface area contributed by atoms with Crippen molar-refractivity contribution in [2.45, 2.75) is 18.8 Å². The average Bonchev–Trinajstić information content (AvgIpc) is 2.90. The summed E-state index contributed by atoms with van der Waals surface area (Å²) in [6.07, 6.45) is 2.30. The number of rotatable bonds is 2. The Morgan fingerprint density at radius 1 is 1.18 bits per heavy atom. The van der Waals surface area contributed by atoms with Crippen molar-refractivity contribution >= 4 is 0 Å². The van der Waals surface area contributed by atoms with Crippen molar-refractivity contribution in [1.29, 1.82) is 0 Å². The molecule has 0 bridgehead atoms. The zero-order valence-corrected chi connectivity index (χ0v) is 9.60. The highest BCUT2D eigenvalue weighted by molar-refractivity contribution is 5.51. The summed E-state index contributed by atoms with van der Waals surface area (Å²) in [4.78, 5) is 0. The van der Waals surface area contributed by atoms with Crippen LogP contribution >= 0.6 is 0 Å². The highest BCUT2D eigenvalue weighted by Gasteiger charge is 2.21. The van der Waals surface area contributed by atoms with Crippen molar-refractivity contribution < 1.29 is 4.42 Å². The van der Waals surface area contributed by atoms with E-state index >= 15 is 0 Å². The number of nitrogens with zero attached hydrogens (tertiary/aromatic N) is 2. The van der Waals surface area contributed by atoms with Gasteiger partial charge in [-0.2, -0.15) is 0 Å². The summed E-state index contributed by atoms with van der Waals surface area (Å²) in [5, 5.41) is 11.6. The predicted molar refractivity (Wildman–Crippen MR) is 64.6 cm³/mol. The first kappa shape index (κ1) is 10.5. The van der Waals surface area contributed by atoms with E-state index in [0.29, 0.717) is 11.8 Å². The summed E-state index contributed by atoms with van der Waals surface area (Å²) < 4.78 is 5.75. The van der Waals surface area contributed by atoms with Crippen LogP contribution in [0.3, 0.4) is 0 Å². The average molecular weight is 229 g/mol. The lowest BCUT2D eigenvalue weighted by molar-refractivity contribution is 0.380. The van der Waals surface area contributed by atoms with Crippen LogP contribution in [0, 0.1) is 0 Å². The van der Waals surface area contributed by atoms with Crippen molar-refractivity contribution in [3.8, 4) is 11.5 Å². The number of piperidine rings is 1. The van der Waals surface area contributed by atoms with Crippen molar-refractivity contribution in [2.24, 2.45) is 0 Å². The van der Waals surface area contributed by atoms with E-state index in [1.165, 1.54) is 6.42 Å². The van der Waals surface area contributed by atoms with E-state index in [1.54, 1.807) is 0 Å². The second-order valence-electron chi connectivity index (χ2n) is 4.35. The summed E-state index contributed by atoms with van der Waals surface area (Å²) >= 11 is 0. The standard InChI is InChI=1S/C13H15N3O/c1-2-5-10(6-3-1)12-15-16-13(17-12)11-7-4-8-14-9-11/h1-3,5-6,11,14H,4,7-9H2/t11-/m1/s1. The van der Waals surface area contributed by atoms with Crippen LogP contribution in [0.4, 0.5) is 0 Å². The van der Waals surface area contributed by atoms with Gasteiger partial charge in [0.2, 0.25) is 11.8 Å². The third-order valence-corrected chi connectivity index (χ3v) is 3.11. The lowest BCUT2D eigenvalue weighted by Gasteiger charge is -2.18. The third-order valence-electron chi connectivity index (χ3n) is 3.11. The maximum absolute atomic E-state index is 5.75. The SMILES string of the molecule is c1ccc(-c2nnc([C@@H]3CCCNC3)o2)cc1. The van der Waals surface area contributed by atoms with Crippen molar-refractivity contribution in [3.05, 3.63) is 36.2 Å². The molecule has 17 heavy (non-hydrogen) atoms. The van der Waals surface area contributed by atoms with Gasteiger partial charge in [0.25, 0.3) is 0 Å².